The van der Waals surface area contributed by atoms with Gasteiger partial charge >= 0.3 is 6.03 Å². The second kappa shape index (κ2) is 7.35. The molecule has 2 aromatic heterocycles. The Hall–Kier alpha value is -2.87. The van der Waals surface area contributed by atoms with Crippen LogP contribution in [0.1, 0.15) is 13.3 Å². The Balaban J connectivity index is 2.10. The molecule has 0 fully saturated rings. The molecular weight excluding hydrogens is 340 g/mol. The van der Waals surface area contributed by atoms with Crippen LogP contribution in [0.25, 0.3) is 21.6 Å². The molecule has 0 radical (unpaired) electrons. The van der Waals surface area contributed by atoms with Crippen LogP contribution in [0.15, 0.2) is 34.4 Å². The maximum Gasteiger partial charge on any atom is 0.318 e. The van der Waals surface area contributed by atoms with Crippen molar-refractivity contribution in [1.82, 2.24) is 15.3 Å². The van der Waals surface area contributed by atoms with Crippen molar-refractivity contribution in [2.75, 3.05) is 19.0 Å². The van der Waals surface area contributed by atoms with E-state index in [4.69, 9.17) is 4.74 Å². The molecule has 25 heavy (non-hydrogen) atoms. The molecule has 0 saturated carbocycles. The fourth-order valence-corrected chi connectivity index (χ4v) is 3.05. The largest absolute Gasteiger partial charge is 0.493 e. The van der Waals surface area contributed by atoms with Crippen LogP contribution in [0.4, 0.5) is 10.5 Å². The zero-order chi connectivity index (χ0) is 17.8. The lowest BCUT2D eigenvalue weighted by Gasteiger charge is -2.13. The molecule has 3 N–H and O–H groups in total. The van der Waals surface area contributed by atoms with Crippen molar-refractivity contribution in [1.29, 1.82) is 0 Å². The lowest BCUT2D eigenvalue weighted by molar-refractivity contribution is 0.254. The number of anilines is 1. The standard InChI is InChI=1S/C17H18N4O3S/c1-3-7-24-13-5-4-10(19-17(23)18-2)9-11(13)15-20-12-6-8-25-14(12)16(22)21-15/h4-6,8-9H,3,7H2,1-2H3,(H2,18,19,23)(H,20,21,22). The summed E-state index contributed by atoms with van der Waals surface area (Å²) in [5.74, 6) is 1.00. The van der Waals surface area contributed by atoms with E-state index in [1.807, 2.05) is 12.3 Å². The molecule has 2 heterocycles. The van der Waals surface area contributed by atoms with E-state index in [0.29, 0.717) is 39.6 Å². The minimum absolute atomic E-state index is 0.193. The minimum Gasteiger partial charge on any atom is -0.493 e. The average Bonchev–Trinajstić information content (AvgIpc) is 3.09. The van der Waals surface area contributed by atoms with Gasteiger partial charge in [0.15, 0.2) is 0 Å². The van der Waals surface area contributed by atoms with Gasteiger partial charge in [0, 0.05) is 12.7 Å². The number of urea groups is 1. The van der Waals surface area contributed by atoms with Gasteiger partial charge in [0.25, 0.3) is 5.56 Å². The Morgan fingerprint density at radius 2 is 2.20 bits per heavy atom. The lowest BCUT2D eigenvalue weighted by atomic mass is 10.1. The van der Waals surface area contributed by atoms with Gasteiger partial charge in [-0.15, -0.1) is 11.3 Å². The van der Waals surface area contributed by atoms with Gasteiger partial charge in [-0.2, -0.15) is 0 Å². The molecule has 0 spiro atoms. The summed E-state index contributed by atoms with van der Waals surface area (Å²) in [5, 5.41) is 7.03. The third-order valence-corrected chi connectivity index (χ3v) is 4.40. The second-order valence-electron chi connectivity index (χ2n) is 5.31. The first-order valence-corrected chi connectivity index (χ1v) is 8.73. The highest BCUT2D eigenvalue weighted by atomic mass is 32.1. The molecule has 0 aliphatic carbocycles. The molecule has 130 valence electrons. The number of ether oxygens (including phenoxy) is 1. The van der Waals surface area contributed by atoms with Gasteiger partial charge < -0.3 is 20.4 Å². The number of rotatable bonds is 5. The van der Waals surface area contributed by atoms with Gasteiger partial charge in [-0.25, -0.2) is 9.78 Å². The summed E-state index contributed by atoms with van der Waals surface area (Å²) < 4.78 is 6.36. The number of hydrogen-bond donors (Lipinski definition) is 3. The minimum atomic E-state index is -0.331. The number of carbonyl (C=O) groups is 1. The van der Waals surface area contributed by atoms with Crippen LogP contribution < -0.4 is 20.9 Å². The van der Waals surface area contributed by atoms with Crippen LogP contribution in [0, 0.1) is 0 Å². The van der Waals surface area contributed by atoms with Crippen LogP contribution in [0.5, 0.6) is 5.75 Å². The molecule has 1 aromatic carbocycles. The fraction of sp³-hybridized carbons (Fsp3) is 0.235. The number of thiophene rings is 1. The summed E-state index contributed by atoms with van der Waals surface area (Å²) in [6.07, 6.45) is 0.852. The third-order valence-electron chi connectivity index (χ3n) is 3.50. The Morgan fingerprint density at radius 1 is 1.36 bits per heavy atom. The first-order chi connectivity index (χ1) is 12.1. The van der Waals surface area contributed by atoms with Crippen molar-refractivity contribution in [2.24, 2.45) is 0 Å². The van der Waals surface area contributed by atoms with E-state index in [2.05, 4.69) is 20.6 Å². The number of nitrogens with one attached hydrogen (secondary N) is 3. The number of carbonyl (C=O) groups excluding carboxylic acids is 1. The summed E-state index contributed by atoms with van der Waals surface area (Å²) >= 11 is 1.35. The van der Waals surface area contributed by atoms with E-state index in [0.717, 1.165) is 6.42 Å². The quantitative estimate of drug-likeness (QED) is 0.652. The third kappa shape index (κ3) is 3.63. The highest BCUT2D eigenvalue weighted by molar-refractivity contribution is 7.17. The number of benzene rings is 1. The van der Waals surface area contributed by atoms with Gasteiger partial charge in [0.1, 0.15) is 16.3 Å². The van der Waals surface area contributed by atoms with Gasteiger partial charge in [-0.1, -0.05) is 6.92 Å². The predicted molar refractivity (Wildman–Crippen MR) is 99.5 cm³/mol. The maximum absolute atomic E-state index is 12.3. The lowest BCUT2D eigenvalue weighted by Crippen LogP contribution is -2.24. The Labute approximate surface area is 148 Å². The van der Waals surface area contributed by atoms with Gasteiger partial charge in [0.05, 0.1) is 17.7 Å². The molecule has 2 amide bonds. The van der Waals surface area contributed by atoms with Crippen LogP contribution in [-0.2, 0) is 0 Å². The molecule has 0 aliphatic rings. The van der Waals surface area contributed by atoms with E-state index in [-0.39, 0.29) is 11.6 Å². The normalized spacial score (nSPS) is 10.6. The molecular formula is C17H18N4O3S. The van der Waals surface area contributed by atoms with Crippen molar-refractivity contribution in [3.05, 3.63) is 40.0 Å². The van der Waals surface area contributed by atoms with Crippen LogP contribution in [0.3, 0.4) is 0 Å². The van der Waals surface area contributed by atoms with Crippen molar-refractivity contribution in [3.63, 3.8) is 0 Å². The first-order valence-electron chi connectivity index (χ1n) is 7.86. The average molecular weight is 358 g/mol. The van der Waals surface area contributed by atoms with E-state index in [1.165, 1.54) is 11.3 Å². The molecule has 0 aliphatic heterocycles. The molecule has 0 bridgehead atoms. The fourth-order valence-electron chi connectivity index (χ4n) is 2.32. The monoisotopic (exact) mass is 358 g/mol. The molecule has 3 rings (SSSR count). The summed E-state index contributed by atoms with van der Waals surface area (Å²) in [7, 11) is 1.54. The van der Waals surface area contributed by atoms with Crippen LogP contribution >= 0.6 is 11.3 Å². The second-order valence-corrected chi connectivity index (χ2v) is 6.23. The van der Waals surface area contributed by atoms with Crippen molar-refractivity contribution in [2.45, 2.75) is 13.3 Å². The summed E-state index contributed by atoms with van der Waals surface area (Å²) in [4.78, 5) is 31.1. The maximum atomic E-state index is 12.3. The smallest absolute Gasteiger partial charge is 0.318 e. The molecule has 0 unspecified atom stereocenters. The summed E-state index contributed by atoms with van der Waals surface area (Å²) in [6, 6.07) is 6.70. The first kappa shape index (κ1) is 17.0. The molecule has 0 saturated heterocycles. The Morgan fingerprint density at radius 3 is 2.96 bits per heavy atom. The number of aromatic nitrogens is 2. The number of H-pyrrole nitrogens is 1. The van der Waals surface area contributed by atoms with Gasteiger partial charge in [-0.3, -0.25) is 4.79 Å². The molecule has 8 heteroatoms. The van der Waals surface area contributed by atoms with E-state index in [1.54, 1.807) is 31.3 Å². The number of amides is 2. The number of hydrogen-bond acceptors (Lipinski definition) is 5. The van der Waals surface area contributed by atoms with E-state index in [9.17, 15) is 9.59 Å². The SMILES string of the molecule is CCCOc1ccc(NC(=O)NC)cc1-c1nc2ccsc2c(=O)[nH]1. The highest BCUT2D eigenvalue weighted by Gasteiger charge is 2.13. The van der Waals surface area contributed by atoms with E-state index < -0.39 is 0 Å². The molecule has 7 nitrogen and oxygen atoms in total. The Kier molecular flexibility index (Phi) is 4.99. The van der Waals surface area contributed by atoms with E-state index >= 15 is 0 Å². The topological polar surface area (TPSA) is 96.1 Å². The van der Waals surface area contributed by atoms with Crippen molar-refractivity contribution < 1.29 is 9.53 Å². The summed E-state index contributed by atoms with van der Waals surface area (Å²) in [5.41, 5.74) is 1.63. The summed E-state index contributed by atoms with van der Waals surface area (Å²) in [6.45, 7) is 2.55. The highest BCUT2D eigenvalue weighted by Crippen LogP contribution is 2.31. The zero-order valence-corrected chi connectivity index (χ0v) is 14.7. The van der Waals surface area contributed by atoms with Crippen molar-refractivity contribution >= 4 is 33.3 Å². The van der Waals surface area contributed by atoms with Gasteiger partial charge in [-0.05, 0) is 36.1 Å². The van der Waals surface area contributed by atoms with Crippen LogP contribution in [-0.4, -0.2) is 29.7 Å². The molecule has 3 aromatic rings. The van der Waals surface area contributed by atoms with Gasteiger partial charge in [0.2, 0.25) is 0 Å². The number of aromatic amines is 1. The number of fused-ring (bicyclic) bond motifs is 1. The predicted octanol–water partition coefficient (Wildman–Crippen LogP) is 3.19. The zero-order valence-electron chi connectivity index (χ0n) is 13.9. The van der Waals surface area contributed by atoms with Crippen LogP contribution in [0.2, 0.25) is 0 Å². The Bertz CT molecular complexity index is 964. The molecule has 0 atom stereocenters. The van der Waals surface area contributed by atoms with Crippen molar-refractivity contribution in [3.8, 4) is 17.1 Å². The number of nitrogens with zero attached hydrogens (tertiary/aromatic N) is 1.